The zero-order valence-corrected chi connectivity index (χ0v) is 17.1. The normalized spacial score (nSPS) is 11.3. The number of ether oxygens (including phenoxy) is 1. The first-order valence-electron chi connectivity index (χ1n) is 9.68. The van der Waals surface area contributed by atoms with E-state index >= 15 is 0 Å². The van der Waals surface area contributed by atoms with Crippen molar-refractivity contribution in [1.29, 1.82) is 0 Å². The lowest BCUT2D eigenvalue weighted by molar-refractivity contribution is -0.122. The number of carbonyl (C=O) groups is 1. The van der Waals surface area contributed by atoms with Gasteiger partial charge in [0, 0.05) is 18.1 Å². The highest BCUT2D eigenvalue weighted by molar-refractivity contribution is 5.73. The predicted octanol–water partition coefficient (Wildman–Crippen LogP) is 2.81. The first-order chi connectivity index (χ1) is 14.5. The number of oxazole rings is 1. The molecule has 3 rings (SSSR count). The maximum atomic E-state index is 11.4. The average Bonchev–Trinajstić information content (AvgIpc) is 3.27. The van der Waals surface area contributed by atoms with Gasteiger partial charge >= 0.3 is 0 Å². The molecule has 0 aliphatic rings. The standard InChI is InChI=1S/C23H26N2O5/c1-16(28)25-23(14-26,15-27)12-11-17-3-5-18(6-4-17)21-13-30-22(24-21)19-7-9-20(29-2)10-8-19/h3-10,13,26-27H,11-12,14-15H2,1-2H3,(H,25,28). The molecular formula is C23H26N2O5. The Balaban J connectivity index is 1.68. The van der Waals surface area contributed by atoms with E-state index in [0.717, 1.165) is 28.1 Å². The topological polar surface area (TPSA) is 105 Å². The van der Waals surface area contributed by atoms with Crippen LogP contribution >= 0.6 is 0 Å². The SMILES string of the molecule is COc1ccc(-c2nc(-c3ccc(CCC(CO)(CO)NC(C)=O)cc3)co2)cc1. The van der Waals surface area contributed by atoms with Crippen LogP contribution in [0.15, 0.2) is 59.2 Å². The van der Waals surface area contributed by atoms with Crippen LogP contribution in [-0.2, 0) is 11.2 Å². The van der Waals surface area contributed by atoms with Gasteiger partial charge in [0.25, 0.3) is 0 Å². The Morgan fingerprint density at radius 3 is 2.27 bits per heavy atom. The molecule has 0 radical (unpaired) electrons. The number of hydrogen-bond acceptors (Lipinski definition) is 6. The van der Waals surface area contributed by atoms with Crippen molar-refractivity contribution in [3.05, 3.63) is 60.4 Å². The molecule has 0 aliphatic carbocycles. The van der Waals surface area contributed by atoms with Gasteiger partial charge in [-0.05, 0) is 42.7 Å². The third-order valence-corrected chi connectivity index (χ3v) is 5.03. The zero-order chi connectivity index (χ0) is 21.6. The number of aliphatic hydroxyl groups is 2. The quantitative estimate of drug-likeness (QED) is 0.501. The Kier molecular flexibility index (Phi) is 6.87. The molecule has 0 aliphatic heterocycles. The second kappa shape index (κ2) is 9.56. The van der Waals surface area contributed by atoms with E-state index < -0.39 is 5.54 Å². The lowest BCUT2D eigenvalue weighted by Gasteiger charge is -2.30. The van der Waals surface area contributed by atoms with E-state index in [1.54, 1.807) is 13.4 Å². The molecule has 0 atom stereocenters. The summed E-state index contributed by atoms with van der Waals surface area (Å²) in [7, 11) is 1.62. The van der Waals surface area contributed by atoms with Crippen molar-refractivity contribution in [3.8, 4) is 28.5 Å². The first-order valence-corrected chi connectivity index (χ1v) is 9.68. The fraction of sp³-hybridized carbons (Fsp3) is 0.304. The third-order valence-electron chi connectivity index (χ3n) is 5.03. The van der Waals surface area contributed by atoms with E-state index in [0.29, 0.717) is 18.7 Å². The van der Waals surface area contributed by atoms with Gasteiger partial charge in [0.15, 0.2) is 0 Å². The van der Waals surface area contributed by atoms with Crippen LogP contribution in [0.25, 0.3) is 22.7 Å². The Hall–Kier alpha value is -3.16. The number of nitrogens with one attached hydrogen (secondary N) is 1. The molecule has 0 saturated heterocycles. The number of amides is 1. The van der Waals surface area contributed by atoms with E-state index in [9.17, 15) is 15.0 Å². The van der Waals surface area contributed by atoms with Crippen LogP contribution in [-0.4, -0.2) is 47.0 Å². The van der Waals surface area contributed by atoms with Gasteiger partial charge in [-0.3, -0.25) is 4.79 Å². The number of aliphatic hydroxyl groups excluding tert-OH is 2. The van der Waals surface area contributed by atoms with Gasteiger partial charge in [0.2, 0.25) is 11.8 Å². The van der Waals surface area contributed by atoms with Crippen LogP contribution in [0.2, 0.25) is 0 Å². The van der Waals surface area contributed by atoms with Crippen molar-refractivity contribution >= 4 is 5.91 Å². The molecular weight excluding hydrogens is 384 g/mol. The molecule has 0 spiro atoms. The minimum atomic E-state index is -1.02. The first kappa shape index (κ1) is 21.5. The van der Waals surface area contributed by atoms with Crippen LogP contribution in [0.4, 0.5) is 0 Å². The molecule has 30 heavy (non-hydrogen) atoms. The summed E-state index contributed by atoms with van der Waals surface area (Å²) in [4.78, 5) is 15.9. The van der Waals surface area contributed by atoms with Crippen LogP contribution in [0.3, 0.4) is 0 Å². The lowest BCUT2D eigenvalue weighted by atomic mass is 9.92. The molecule has 1 heterocycles. The highest BCUT2D eigenvalue weighted by Crippen LogP contribution is 2.26. The molecule has 0 fully saturated rings. The number of nitrogens with zero attached hydrogens (tertiary/aromatic N) is 1. The van der Waals surface area contributed by atoms with Crippen molar-refractivity contribution in [3.63, 3.8) is 0 Å². The summed E-state index contributed by atoms with van der Waals surface area (Å²) < 4.78 is 10.8. The van der Waals surface area contributed by atoms with E-state index in [4.69, 9.17) is 9.15 Å². The Morgan fingerprint density at radius 2 is 1.70 bits per heavy atom. The second-order valence-electron chi connectivity index (χ2n) is 7.24. The number of carbonyl (C=O) groups excluding carboxylic acids is 1. The average molecular weight is 410 g/mol. The molecule has 3 aromatic rings. The summed E-state index contributed by atoms with van der Waals surface area (Å²) in [5, 5.41) is 21.9. The molecule has 0 saturated carbocycles. The Labute approximate surface area is 175 Å². The smallest absolute Gasteiger partial charge is 0.226 e. The highest BCUT2D eigenvalue weighted by atomic mass is 16.5. The summed E-state index contributed by atoms with van der Waals surface area (Å²) in [5.74, 6) is 1.01. The molecule has 1 aromatic heterocycles. The van der Waals surface area contributed by atoms with Gasteiger partial charge in [-0.2, -0.15) is 0 Å². The summed E-state index contributed by atoms with van der Waals surface area (Å²) >= 11 is 0. The van der Waals surface area contributed by atoms with E-state index in [2.05, 4.69) is 10.3 Å². The van der Waals surface area contributed by atoms with Gasteiger partial charge < -0.3 is 24.7 Å². The monoisotopic (exact) mass is 410 g/mol. The number of aromatic nitrogens is 1. The molecule has 1 amide bonds. The van der Waals surface area contributed by atoms with Crippen molar-refractivity contribution < 1.29 is 24.2 Å². The van der Waals surface area contributed by atoms with Gasteiger partial charge in [-0.15, -0.1) is 0 Å². The lowest BCUT2D eigenvalue weighted by Crippen LogP contribution is -2.53. The van der Waals surface area contributed by atoms with Crippen molar-refractivity contribution in [2.45, 2.75) is 25.3 Å². The predicted molar refractivity (Wildman–Crippen MR) is 113 cm³/mol. The van der Waals surface area contributed by atoms with Gasteiger partial charge in [-0.25, -0.2) is 4.98 Å². The number of benzene rings is 2. The minimum absolute atomic E-state index is 0.285. The van der Waals surface area contributed by atoms with Gasteiger partial charge in [0.05, 0.1) is 25.9 Å². The van der Waals surface area contributed by atoms with Crippen LogP contribution in [0, 0.1) is 0 Å². The Bertz CT molecular complexity index is 960. The van der Waals surface area contributed by atoms with E-state index in [-0.39, 0.29) is 19.1 Å². The van der Waals surface area contributed by atoms with Crippen LogP contribution < -0.4 is 10.1 Å². The summed E-state index contributed by atoms with van der Waals surface area (Å²) in [6.07, 6.45) is 2.63. The molecule has 158 valence electrons. The van der Waals surface area contributed by atoms with Gasteiger partial charge in [-0.1, -0.05) is 24.3 Å². The van der Waals surface area contributed by atoms with Crippen molar-refractivity contribution in [1.82, 2.24) is 10.3 Å². The largest absolute Gasteiger partial charge is 0.497 e. The summed E-state index contributed by atoms with van der Waals surface area (Å²) in [6, 6.07) is 15.3. The van der Waals surface area contributed by atoms with E-state index in [1.165, 1.54) is 6.92 Å². The van der Waals surface area contributed by atoms with E-state index in [1.807, 2.05) is 48.5 Å². The van der Waals surface area contributed by atoms with Gasteiger partial charge in [0.1, 0.15) is 17.7 Å². The van der Waals surface area contributed by atoms with Crippen molar-refractivity contribution in [2.24, 2.45) is 0 Å². The van der Waals surface area contributed by atoms with Crippen molar-refractivity contribution in [2.75, 3.05) is 20.3 Å². The number of methoxy groups -OCH3 is 1. The molecule has 2 aromatic carbocycles. The highest BCUT2D eigenvalue weighted by Gasteiger charge is 2.29. The molecule has 0 bridgehead atoms. The maximum Gasteiger partial charge on any atom is 0.226 e. The maximum absolute atomic E-state index is 11.4. The summed E-state index contributed by atoms with van der Waals surface area (Å²) in [6.45, 7) is 0.718. The second-order valence-corrected chi connectivity index (χ2v) is 7.24. The minimum Gasteiger partial charge on any atom is -0.497 e. The number of aryl methyl sites for hydroxylation is 1. The molecule has 0 unspecified atom stereocenters. The summed E-state index contributed by atoms with van der Waals surface area (Å²) in [5.41, 5.74) is 2.50. The fourth-order valence-electron chi connectivity index (χ4n) is 3.22. The molecule has 7 nitrogen and oxygen atoms in total. The zero-order valence-electron chi connectivity index (χ0n) is 17.1. The third kappa shape index (κ3) is 5.06. The fourth-order valence-corrected chi connectivity index (χ4v) is 3.22. The van der Waals surface area contributed by atoms with Crippen LogP contribution in [0.1, 0.15) is 18.9 Å². The Morgan fingerprint density at radius 1 is 1.07 bits per heavy atom. The number of hydrogen-bond donors (Lipinski definition) is 3. The molecule has 3 N–H and O–H groups in total. The number of rotatable bonds is 9. The van der Waals surface area contributed by atoms with Crippen LogP contribution in [0.5, 0.6) is 5.75 Å². The molecule has 7 heteroatoms.